The Balaban J connectivity index is 1.55. The molecule has 162 valence electrons. The van der Waals surface area contributed by atoms with Crippen LogP contribution in [-0.2, 0) is 14.8 Å². The summed E-state index contributed by atoms with van der Waals surface area (Å²) in [4.78, 5) is 13.0. The highest BCUT2D eigenvalue weighted by atomic mass is 32.2. The molecule has 1 amide bonds. The molecular formula is C23H30N2O4S. The van der Waals surface area contributed by atoms with E-state index in [2.05, 4.69) is 5.32 Å². The maximum atomic E-state index is 12.9. The topological polar surface area (TPSA) is 75.7 Å². The van der Waals surface area contributed by atoms with E-state index in [0.29, 0.717) is 26.0 Å². The number of nitrogens with one attached hydrogen (secondary N) is 1. The first-order chi connectivity index (χ1) is 14.3. The van der Waals surface area contributed by atoms with Crippen molar-refractivity contribution in [2.75, 3.05) is 19.7 Å². The van der Waals surface area contributed by atoms with Gasteiger partial charge in [0.15, 0.2) is 0 Å². The second kappa shape index (κ2) is 9.62. The minimum atomic E-state index is -3.58. The molecule has 1 fully saturated rings. The van der Waals surface area contributed by atoms with Gasteiger partial charge in [0.2, 0.25) is 15.9 Å². The van der Waals surface area contributed by atoms with Crippen molar-refractivity contribution in [2.24, 2.45) is 5.92 Å². The Bertz CT molecular complexity index is 976. The zero-order chi connectivity index (χ0) is 21.7. The maximum absolute atomic E-state index is 12.9. The fourth-order valence-corrected chi connectivity index (χ4v) is 5.09. The second-order valence-corrected chi connectivity index (χ2v) is 9.92. The molecule has 0 aliphatic carbocycles. The highest BCUT2D eigenvalue weighted by molar-refractivity contribution is 7.89. The molecule has 0 radical (unpaired) electrons. The predicted molar refractivity (Wildman–Crippen MR) is 117 cm³/mol. The summed E-state index contributed by atoms with van der Waals surface area (Å²) in [5, 5.41) is 2.97. The van der Waals surface area contributed by atoms with Gasteiger partial charge in [0, 0.05) is 13.1 Å². The third-order valence-corrected chi connectivity index (χ3v) is 7.38. The lowest BCUT2D eigenvalue weighted by atomic mass is 9.98. The van der Waals surface area contributed by atoms with Gasteiger partial charge in [-0.25, -0.2) is 8.42 Å². The van der Waals surface area contributed by atoms with E-state index in [0.717, 1.165) is 11.3 Å². The highest BCUT2D eigenvalue weighted by Gasteiger charge is 2.33. The molecule has 2 atom stereocenters. The zero-order valence-electron chi connectivity index (χ0n) is 17.8. The van der Waals surface area contributed by atoms with Gasteiger partial charge in [0.25, 0.3) is 0 Å². The SMILES string of the molecule is Cc1ccc(OC[C@H](C)NC(=O)[C@H]2CCCN(S(=O)(=O)c3ccccc3)C2)cc1C. The van der Waals surface area contributed by atoms with Crippen LogP contribution in [0.4, 0.5) is 0 Å². The number of carbonyl (C=O) groups excluding carboxylic acids is 1. The summed E-state index contributed by atoms with van der Waals surface area (Å²) in [6.45, 7) is 6.96. The Morgan fingerprint density at radius 3 is 2.60 bits per heavy atom. The lowest BCUT2D eigenvalue weighted by molar-refractivity contribution is -0.126. The van der Waals surface area contributed by atoms with Gasteiger partial charge in [-0.2, -0.15) is 4.31 Å². The first-order valence-corrected chi connectivity index (χ1v) is 11.8. The molecule has 1 aliphatic heterocycles. The largest absolute Gasteiger partial charge is 0.491 e. The number of amides is 1. The average molecular weight is 431 g/mol. The molecule has 30 heavy (non-hydrogen) atoms. The summed E-state index contributed by atoms with van der Waals surface area (Å²) in [5.41, 5.74) is 2.36. The number of ether oxygens (including phenoxy) is 1. The summed E-state index contributed by atoms with van der Waals surface area (Å²) in [5.74, 6) is 0.289. The molecule has 6 nitrogen and oxygen atoms in total. The van der Waals surface area contributed by atoms with Gasteiger partial charge in [0.05, 0.1) is 16.9 Å². The molecule has 3 rings (SSSR count). The van der Waals surface area contributed by atoms with E-state index in [1.54, 1.807) is 30.3 Å². The Hall–Kier alpha value is -2.38. The van der Waals surface area contributed by atoms with Gasteiger partial charge in [-0.1, -0.05) is 24.3 Å². The van der Waals surface area contributed by atoms with Gasteiger partial charge < -0.3 is 10.1 Å². The van der Waals surface area contributed by atoms with Crippen LogP contribution in [0, 0.1) is 19.8 Å². The first-order valence-electron chi connectivity index (χ1n) is 10.3. The van der Waals surface area contributed by atoms with Crippen molar-refractivity contribution in [2.45, 2.75) is 44.6 Å². The molecule has 2 aromatic rings. The number of piperidine rings is 1. The number of carbonyl (C=O) groups is 1. The minimum Gasteiger partial charge on any atom is -0.491 e. The quantitative estimate of drug-likeness (QED) is 0.731. The summed E-state index contributed by atoms with van der Waals surface area (Å²) in [6, 6.07) is 14.1. The number of nitrogens with zero attached hydrogens (tertiary/aromatic N) is 1. The normalized spacial score (nSPS) is 18.6. The van der Waals surface area contributed by atoms with Crippen molar-refractivity contribution < 1.29 is 17.9 Å². The minimum absolute atomic E-state index is 0.126. The van der Waals surface area contributed by atoms with E-state index in [1.165, 1.54) is 9.87 Å². The number of hydrogen-bond acceptors (Lipinski definition) is 4. The molecule has 0 unspecified atom stereocenters. The fraction of sp³-hybridized carbons (Fsp3) is 0.435. The molecule has 2 aromatic carbocycles. The van der Waals surface area contributed by atoms with Crippen molar-refractivity contribution in [3.05, 3.63) is 59.7 Å². The van der Waals surface area contributed by atoms with Crippen molar-refractivity contribution >= 4 is 15.9 Å². The number of rotatable bonds is 7. The lowest BCUT2D eigenvalue weighted by Crippen LogP contribution is -2.48. The van der Waals surface area contributed by atoms with Crippen LogP contribution in [0.5, 0.6) is 5.75 Å². The van der Waals surface area contributed by atoms with Gasteiger partial charge in [-0.3, -0.25) is 4.79 Å². The van der Waals surface area contributed by atoms with Crippen molar-refractivity contribution in [3.63, 3.8) is 0 Å². The zero-order valence-corrected chi connectivity index (χ0v) is 18.6. The van der Waals surface area contributed by atoms with Crippen LogP contribution in [0.3, 0.4) is 0 Å². The van der Waals surface area contributed by atoms with Gasteiger partial charge in [0.1, 0.15) is 12.4 Å². The third-order valence-electron chi connectivity index (χ3n) is 5.50. The molecule has 0 bridgehead atoms. The number of benzene rings is 2. The van der Waals surface area contributed by atoms with E-state index in [4.69, 9.17) is 4.74 Å². The third kappa shape index (κ3) is 5.40. The Kier molecular flexibility index (Phi) is 7.15. The van der Waals surface area contributed by atoms with Crippen LogP contribution in [0.25, 0.3) is 0 Å². The molecule has 0 saturated carbocycles. The average Bonchev–Trinajstić information content (AvgIpc) is 2.75. The van der Waals surface area contributed by atoms with Crippen molar-refractivity contribution in [1.82, 2.24) is 9.62 Å². The van der Waals surface area contributed by atoms with E-state index in [1.807, 2.05) is 39.0 Å². The van der Waals surface area contributed by atoms with E-state index in [9.17, 15) is 13.2 Å². The number of sulfonamides is 1. The van der Waals surface area contributed by atoms with E-state index in [-0.39, 0.29) is 29.3 Å². The van der Waals surface area contributed by atoms with Crippen LogP contribution in [-0.4, -0.2) is 44.4 Å². The molecule has 1 aliphatic rings. The summed E-state index contributed by atoms with van der Waals surface area (Å²) in [7, 11) is -3.58. The molecule has 1 saturated heterocycles. The molecule has 0 aromatic heterocycles. The monoisotopic (exact) mass is 430 g/mol. The van der Waals surface area contributed by atoms with Crippen LogP contribution < -0.4 is 10.1 Å². The molecule has 1 N–H and O–H groups in total. The Labute approximate surface area is 179 Å². The molecular weight excluding hydrogens is 400 g/mol. The molecule has 0 spiro atoms. The lowest BCUT2D eigenvalue weighted by Gasteiger charge is -2.31. The molecule has 7 heteroatoms. The first kappa shape index (κ1) is 22.3. The standard InChI is InChI=1S/C23H30N2O4S/c1-17-11-12-21(14-18(17)2)29-16-19(3)24-23(26)20-8-7-13-25(15-20)30(27,28)22-9-5-4-6-10-22/h4-6,9-12,14,19-20H,7-8,13,15-16H2,1-3H3,(H,24,26)/t19-,20-/m0/s1. The summed E-state index contributed by atoms with van der Waals surface area (Å²) < 4.78 is 33.0. The van der Waals surface area contributed by atoms with Gasteiger partial charge in [-0.15, -0.1) is 0 Å². The van der Waals surface area contributed by atoms with Crippen molar-refractivity contribution in [3.8, 4) is 5.75 Å². The summed E-state index contributed by atoms with van der Waals surface area (Å²) >= 11 is 0. The van der Waals surface area contributed by atoms with E-state index < -0.39 is 10.0 Å². The van der Waals surface area contributed by atoms with Gasteiger partial charge in [-0.05, 0) is 69.0 Å². The predicted octanol–water partition coefficient (Wildman–Crippen LogP) is 3.29. The van der Waals surface area contributed by atoms with Crippen LogP contribution in [0.2, 0.25) is 0 Å². The number of aryl methyl sites for hydroxylation is 2. The smallest absolute Gasteiger partial charge is 0.243 e. The Morgan fingerprint density at radius 1 is 1.17 bits per heavy atom. The number of hydrogen-bond donors (Lipinski definition) is 1. The second-order valence-electron chi connectivity index (χ2n) is 7.98. The molecule has 1 heterocycles. The van der Waals surface area contributed by atoms with Gasteiger partial charge >= 0.3 is 0 Å². The fourth-order valence-electron chi connectivity index (χ4n) is 3.54. The maximum Gasteiger partial charge on any atom is 0.243 e. The summed E-state index contributed by atoms with van der Waals surface area (Å²) in [6.07, 6.45) is 1.34. The van der Waals surface area contributed by atoms with Crippen molar-refractivity contribution in [1.29, 1.82) is 0 Å². The van der Waals surface area contributed by atoms with Crippen LogP contribution >= 0.6 is 0 Å². The Morgan fingerprint density at radius 2 is 1.90 bits per heavy atom. The highest BCUT2D eigenvalue weighted by Crippen LogP contribution is 2.24. The van der Waals surface area contributed by atoms with Crippen LogP contribution in [0.15, 0.2) is 53.4 Å². The van der Waals surface area contributed by atoms with Crippen LogP contribution in [0.1, 0.15) is 30.9 Å². The van der Waals surface area contributed by atoms with E-state index >= 15 is 0 Å².